The Hall–Kier alpha value is -2.85. The molecule has 0 N–H and O–H groups in total. The summed E-state index contributed by atoms with van der Waals surface area (Å²) in [5.41, 5.74) is 1.58. The normalized spacial score (nSPS) is 15.4. The smallest absolute Gasteiger partial charge is 0.269 e. The van der Waals surface area contributed by atoms with Crippen LogP contribution in [0.3, 0.4) is 0 Å². The standard InChI is InChI=1S/C21H22N4O2S/c1-24(17-8-4-2-5-9-17)20-16(14-22)15-23-21-19(20)12-13-25(21)28(26,27)18-10-6-3-7-11-18/h3,6-7,10-13,15,17H,2,4-5,8-9H2,1H3. The molecular formula is C21H22N4O2S. The Labute approximate surface area is 165 Å². The van der Waals surface area contributed by atoms with Gasteiger partial charge in [0.05, 0.1) is 16.1 Å². The largest absolute Gasteiger partial charge is 0.370 e. The van der Waals surface area contributed by atoms with E-state index in [1.54, 1.807) is 36.4 Å². The van der Waals surface area contributed by atoms with Crippen LogP contribution in [0.1, 0.15) is 37.7 Å². The molecule has 0 saturated heterocycles. The van der Waals surface area contributed by atoms with Crippen LogP contribution in [0.15, 0.2) is 53.7 Å². The van der Waals surface area contributed by atoms with Gasteiger partial charge in [0.2, 0.25) is 0 Å². The molecule has 0 aliphatic heterocycles. The lowest BCUT2D eigenvalue weighted by Crippen LogP contribution is -2.34. The van der Waals surface area contributed by atoms with Crippen LogP contribution in [-0.2, 0) is 10.0 Å². The first-order valence-electron chi connectivity index (χ1n) is 9.47. The molecule has 0 amide bonds. The molecule has 1 aliphatic carbocycles. The van der Waals surface area contributed by atoms with Crippen molar-refractivity contribution >= 4 is 26.7 Å². The summed E-state index contributed by atoms with van der Waals surface area (Å²) in [5.74, 6) is 0. The maximum atomic E-state index is 13.1. The molecule has 1 aliphatic rings. The lowest BCUT2D eigenvalue weighted by molar-refractivity contribution is 0.428. The van der Waals surface area contributed by atoms with Gasteiger partial charge in [0.1, 0.15) is 6.07 Å². The van der Waals surface area contributed by atoms with Crippen LogP contribution >= 0.6 is 0 Å². The predicted octanol–water partition coefficient (Wildman–Crippen LogP) is 3.91. The monoisotopic (exact) mass is 394 g/mol. The summed E-state index contributed by atoms with van der Waals surface area (Å²) in [6, 6.07) is 12.6. The number of benzene rings is 1. The first-order valence-corrected chi connectivity index (χ1v) is 10.9. The summed E-state index contributed by atoms with van der Waals surface area (Å²) in [7, 11) is -1.76. The molecular weight excluding hydrogens is 372 g/mol. The average molecular weight is 395 g/mol. The maximum absolute atomic E-state index is 13.1. The number of rotatable bonds is 4. The van der Waals surface area contributed by atoms with Crippen molar-refractivity contribution in [1.29, 1.82) is 5.26 Å². The molecule has 0 atom stereocenters. The Bertz CT molecular complexity index is 1140. The van der Waals surface area contributed by atoms with E-state index in [2.05, 4.69) is 16.0 Å². The summed E-state index contributed by atoms with van der Waals surface area (Å²) < 4.78 is 27.4. The van der Waals surface area contributed by atoms with Crippen molar-refractivity contribution in [2.45, 2.75) is 43.0 Å². The maximum Gasteiger partial charge on any atom is 0.269 e. The molecule has 144 valence electrons. The highest BCUT2D eigenvalue weighted by Gasteiger charge is 2.26. The number of pyridine rings is 1. The number of fused-ring (bicyclic) bond motifs is 1. The van der Waals surface area contributed by atoms with Crippen molar-refractivity contribution in [2.24, 2.45) is 0 Å². The third-order valence-corrected chi connectivity index (χ3v) is 7.23. The van der Waals surface area contributed by atoms with Gasteiger partial charge in [-0.3, -0.25) is 0 Å². The summed E-state index contributed by atoms with van der Waals surface area (Å²) in [4.78, 5) is 6.68. The van der Waals surface area contributed by atoms with Gasteiger partial charge in [-0.1, -0.05) is 37.5 Å². The zero-order valence-corrected chi connectivity index (χ0v) is 16.6. The molecule has 28 heavy (non-hydrogen) atoms. The lowest BCUT2D eigenvalue weighted by Gasteiger charge is -2.33. The number of nitriles is 1. The summed E-state index contributed by atoms with van der Waals surface area (Å²) in [6.07, 6.45) is 8.76. The van der Waals surface area contributed by atoms with Gasteiger partial charge >= 0.3 is 0 Å². The molecule has 2 aromatic heterocycles. The summed E-state index contributed by atoms with van der Waals surface area (Å²) >= 11 is 0. The van der Waals surface area contributed by atoms with Gasteiger partial charge in [-0.25, -0.2) is 17.4 Å². The van der Waals surface area contributed by atoms with Crippen molar-refractivity contribution in [1.82, 2.24) is 8.96 Å². The third kappa shape index (κ3) is 3.04. The Morgan fingerprint density at radius 2 is 1.86 bits per heavy atom. The first-order chi connectivity index (χ1) is 13.5. The van der Waals surface area contributed by atoms with Crippen molar-refractivity contribution in [2.75, 3.05) is 11.9 Å². The second-order valence-corrected chi connectivity index (χ2v) is 9.02. The SMILES string of the molecule is CN(c1c(C#N)cnc2c1ccn2S(=O)(=O)c1ccccc1)C1CCCCC1. The molecule has 1 fully saturated rings. The van der Waals surface area contributed by atoms with Crippen molar-refractivity contribution in [3.63, 3.8) is 0 Å². The molecule has 3 aromatic rings. The highest BCUT2D eigenvalue weighted by Crippen LogP contribution is 2.34. The van der Waals surface area contributed by atoms with E-state index in [0.717, 1.165) is 18.5 Å². The second kappa shape index (κ2) is 7.28. The fourth-order valence-electron chi connectivity index (χ4n) is 4.06. The third-order valence-electron chi connectivity index (χ3n) is 5.55. The van der Waals surface area contributed by atoms with Crippen LogP contribution in [0.4, 0.5) is 5.69 Å². The Kier molecular flexibility index (Phi) is 4.82. The number of aromatic nitrogens is 2. The van der Waals surface area contributed by atoms with E-state index in [1.165, 1.54) is 35.6 Å². The van der Waals surface area contributed by atoms with E-state index >= 15 is 0 Å². The highest BCUT2D eigenvalue weighted by molar-refractivity contribution is 7.90. The van der Waals surface area contributed by atoms with Gasteiger partial charge < -0.3 is 4.90 Å². The second-order valence-electron chi connectivity index (χ2n) is 7.20. The lowest BCUT2D eigenvalue weighted by atomic mass is 9.93. The van der Waals surface area contributed by atoms with Gasteiger partial charge in [0.15, 0.2) is 5.65 Å². The average Bonchev–Trinajstić information content (AvgIpc) is 3.18. The van der Waals surface area contributed by atoms with E-state index in [9.17, 15) is 13.7 Å². The molecule has 0 spiro atoms. The Balaban J connectivity index is 1.87. The Morgan fingerprint density at radius 1 is 1.14 bits per heavy atom. The van der Waals surface area contributed by atoms with Gasteiger partial charge in [0, 0.05) is 30.9 Å². The molecule has 6 nitrogen and oxygen atoms in total. The number of hydrogen-bond donors (Lipinski definition) is 0. The minimum absolute atomic E-state index is 0.209. The zero-order chi connectivity index (χ0) is 19.7. The molecule has 1 aromatic carbocycles. The van der Waals surface area contributed by atoms with Crippen LogP contribution in [-0.4, -0.2) is 30.5 Å². The Morgan fingerprint density at radius 3 is 2.54 bits per heavy atom. The topological polar surface area (TPSA) is 79.0 Å². The first kappa shape index (κ1) is 18.5. The minimum Gasteiger partial charge on any atom is -0.370 e. The van der Waals surface area contributed by atoms with E-state index in [-0.39, 0.29) is 4.90 Å². The number of hydrogen-bond acceptors (Lipinski definition) is 5. The zero-order valence-electron chi connectivity index (χ0n) is 15.7. The summed E-state index contributed by atoms with van der Waals surface area (Å²) in [5, 5.41) is 10.3. The van der Waals surface area contributed by atoms with Crippen LogP contribution in [0.5, 0.6) is 0 Å². The number of anilines is 1. The molecule has 4 rings (SSSR count). The van der Waals surface area contributed by atoms with Crippen LogP contribution in [0.25, 0.3) is 11.0 Å². The van der Waals surface area contributed by atoms with Gasteiger partial charge in [-0.15, -0.1) is 0 Å². The molecule has 0 unspecified atom stereocenters. The van der Waals surface area contributed by atoms with Crippen LogP contribution in [0, 0.1) is 11.3 Å². The molecule has 7 heteroatoms. The minimum atomic E-state index is -3.76. The van der Waals surface area contributed by atoms with E-state index in [1.807, 2.05) is 7.05 Å². The van der Waals surface area contributed by atoms with Gasteiger partial charge in [-0.05, 0) is 31.0 Å². The van der Waals surface area contributed by atoms with Gasteiger partial charge in [0.25, 0.3) is 10.0 Å². The summed E-state index contributed by atoms with van der Waals surface area (Å²) in [6.45, 7) is 0. The van der Waals surface area contributed by atoms with Gasteiger partial charge in [-0.2, -0.15) is 5.26 Å². The van der Waals surface area contributed by atoms with E-state index in [4.69, 9.17) is 0 Å². The fourth-order valence-corrected chi connectivity index (χ4v) is 5.38. The molecule has 1 saturated carbocycles. The quantitative estimate of drug-likeness (QED) is 0.670. The van der Waals surface area contributed by atoms with Crippen molar-refractivity contribution in [3.8, 4) is 6.07 Å². The van der Waals surface area contributed by atoms with Crippen molar-refractivity contribution in [3.05, 3.63) is 54.4 Å². The molecule has 2 heterocycles. The predicted molar refractivity (Wildman–Crippen MR) is 109 cm³/mol. The molecule has 0 radical (unpaired) electrons. The fraction of sp³-hybridized carbons (Fsp3) is 0.333. The highest BCUT2D eigenvalue weighted by atomic mass is 32.2. The number of nitrogens with zero attached hydrogens (tertiary/aromatic N) is 4. The molecule has 0 bridgehead atoms. The van der Waals surface area contributed by atoms with Crippen LogP contribution < -0.4 is 4.90 Å². The van der Waals surface area contributed by atoms with E-state index < -0.39 is 10.0 Å². The van der Waals surface area contributed by atoms with Crippen molar-refractivity contribution < 1.29 is 8.42 Å². The van der Waals surface area contributed by atoms with E-state index in [0.29, 0.717) is 22.6 Å². The van der Waals surface area contributed by atoms with Crippen LogP contribution in [0.2, 0.25) is 0 Å².